The van der Waals surface area contributed by atoms with E-state index in [9.17, 15) is 9.90 Å². The summed E-state index contributed by atoms with van der Waals surface area (Å²) in [4.78, 5) is 12.3. The van der Waals surface area contributed by atoms with E-state index in [-0.39, 0.29) is 12.6 Å². The lowest BCUT2D eigenvalue weighted by Gasteiger charge is -2.16. The SMILES string of the molecule is CC/C=C\C/C=C\C/C=C\C/C=C\C/C=C\CCCCCCCCCCCC(=O)OC(CO)COCCCCCCCCCCCCCCCC/C=C\CCCCCCCCCC. The molecule has 0 aromatic heterocycles. The van der Waals surface area contributed by atoms with Crippen LogP contribution in [-0.4, -0.2) is 37.0 Å². The Morgan fingerprint density at radius 3 is 1.10 bits per heavy atom. The molecule has 0 aliphatic rings. The molecule has 1 unspecified atom stereocenters. The summed E-state index contributed by atoms with van der Waals surface area (Å²) >= 11 is 0. The molecule has 4 heteroatoms. The smallest absolute Gasteiger partial charge is 0.306 e. The number of carbonyl (C=O) groups is 1. The van der Waals surface area contributed by atoms with Crippen molar-refractivity contribution in [3.05, 3.63) is 72.9 Å². The van der Waals surface area contributed by atoms with Gasteiger partial charge < -0.3 is 14.6 Å². The molecule has 0 saturated heterocycles. The molecular formula is C59H106O4. The van der Waals surface area contributed by atoms with Gasteiger partial charge in [0.1, 0.15) is 6.10 Å². The Morgan fingerprint density at radius 1 is 0.397 bits per heavy atom. The summed E-state index contributed by atoms with van der Waals surface area (Å²) in [6.07, 6.45) is 77.2. The maximum Gasteiger partial charge on any atom is 0.306 e. The van der Waals surface area contributed by atoms with Crippen molar-refractivity contribution in [2.75, 3.05) is 19.8 Å². The molecule has 0 amide bonds. The fourth-order valence-electron chi connectivity index (χ4n) is 7.94. The molecule has 1 atom stereocenters. The van der Waals surface area contributed by atoms with Crippen molar-refractivity contribution in [3.8, 4) is 0 Å². The number of ether oxygens (including phenoxy) is 2. The second kappa shape index (κ2) is 56.0. The van der Waals surface area contributed by atoms with Gasteiger partial charge in [-0.2, -0.15) is 0 Å². The van der Waals surface area contributed by atoms with Gasteiger partial charge in [-0.1, -0.05) is 254 Å². The van der Waals surface area contributed by atoms with Gasteiger partial charge in [0.2, 0.25) is 0 Å². The summed E-state index contributed by atoms with van der Waals surface area (Å²) < 4.78 is 11.2. The molecule has 0 aliphatic carbocycles. The van der Waals surface area contributed by atoms with Crippen LogP contribution in [0.4, 0.5) is 0 Å². The molecule has 366 valence electrons. The number of carbonyl (C=O) groups excluding carboxylic acids is 1. The van der Waals surface area contributed by atoms with Gasteiger partial charge >= 0.3 is 5.97 Å². The summed E-state index contributed by atoms with van der Waals surface area (Å²) in [5.41, 5.74) is 0. The van der Waals surface area contributed by atoms with Gasteiger partial charge in [0.05, 0.1) is 13.2 Å². The zero-order valence-electron chi connectivity index (χ0n) is 42.1. The Kier molecular flexibility index (Phi) is 54.0. The van der Waals surface area contributed by atoms with Crippen LogP contribution < -0.4 is 0 Å². The van der Waals surface area contributed by atoms with Crippen LogP contribution >= 0.6 is 0 Å². The van der Waals surface area contributed by atoms with E-state index in [4.69, 9.17) is 9.47 Å². The van der Waals surface area contributed by atoms with Crippen molar-refractivity contribution in [2.45, 2.75) is 277 Å². The molecule has 0 bridgehead atoms. The summed E-state index contributed by atoms with van der Waals surface area (Å²) in [5, 5.41) is 9.67. The highest BCUT2D eigenvalue weighted by molar-refractivity contribution is 5.69. The van der Waals surface area contributed by atoms with Gasteiger partial charge in [-0.05, 0) is 83.5 Å². The highest BCUT2D eigenvalue weighted by Gasteiger charge is 2.13. The van der Waals surface area contributed by atoms with Gasteiger partial charge in [0.25, 0.3) is 0 Å². The van der Waals surface area contributed by atoms with E-state index in [0.29, 0.717) is 19.6 Å². The molecule has 0 spiro atoms. The minimum Gasteiger partial charge on any atom is -0.457 e. The molecule has 0 radical (unpaired) electrons. The first kappa shape index (κ1) is 60.8. The van der Waals surface area contributed by atoms with Crippen LogP contribution in [-0.2, 0) is 14.3 Å². The number of hydrogen-bond acceptors (Lipinski definition) is 4. The molecule has 0 aromatic carbocycles. The number of hydrogen-bond donors (Lipinski definition) is 1. The number of rotatable bonds is 51. The van der Waals surface area contributed by atoms with Gasteiger partial charge in [-0.25, -0.2) is 0 Å². The van der Waals surface area contributed by atoms with Crippen molar-refractivity contribution >= 4 is 5.97 Å². The van der Waals surface area contributed by atoms with Crippen molar-refractivity contribution in [2.24, 2.45) is 0 Å². The van der Waals surface area contributed by atoms with Crippen LogP contribution in [0.15, 0.2) is 72.9 Å². The molecule has 4 nitrogen and oxygen atoms in total. The first-order valence-electron chi connectivity index (χ1n) is 27.5. The van der Waals surface area contributed by atoms with Gasteiger partial charge in [-0.3, -0.25) is 4.79 Å². The predicted molar refractivity (Wildman–Crippen MR) is 279 cm³/mol. The van der Waals surface area contributed by atoms with Gasteiger partial charge in [0.15, 0.2) is 0 Å². The minimum atomic E-state index is -0.542. The zero-order valence-corrected chi connectivity index (χ0v) is 42.1. The molecule has 0 rings (SSSR count). The van der Waals surface area contributed by atoms with Crippen LogP contribution in [0, 0.1) is 0 Å². The monoisotopic (exact) mass is 879 g/mol. The number of aliphatic hydroxyl groups is 1. The van der Waals surface area contributed by atoms with E-state index in [1.807, 2.05) is 0 Å². The lowest BCUT2D eigenvalue weighted by Crippen LogP contribution is -2.27. The molecule has 0 aromatic rings. The number of esters is 1. The van der Waals surface area contributed by atoms with Crippen LogP contribution in [0.1, 0.15) is 271 Å². The standard InChI is InChI=1S/C59H106O4/c1-3-5-7-9-11-13-15-17-19-21-23-25-27-29-31-33-35-37-39-41-43-45-47-49-51-53-55-62-57-58(56-60)63-59(61)54-52-50-48-46-44-42-40-38-36-34-32-30-28-26-24-22-20-18-16-14-12-10-8-6-4-2/h6,8,12,14,18,20-21,23-24,26,30,32,58,60H,3-5,7,9-11,13,15-17,19,22,25,27-29,31,33-57H2,1-2H3/b8-6-,14-12-,20-18-,23-21-,26-24-,32-30-. The average Bonchev–Trinajstić information content (AvgIpc) is 3.29. The summed E-state index contributed by atoms with van der Waals surface area (Å²) in [5.74, 6) is -0.205. The predicted octanol–water partition coefficient (Wildman–Crippen LogP) is 18.9. The Labute approximate surface area is 393 Å². The molecule has 63 heavy (non-hydrogen) atoms. The maximum atomic E-state index is 12.3. The first-order valence-corrected chi connectivity index (χ1v) is 27.5. The second-order valence-corrected chi connectivity index (χ2v) is 18.3. The molecule has 0 heterocycles. The van der Waals surface area contributed by atoms with Crippen LogP contribution in [0.2, 0.25) is 0 Å². The van der Waals surface area contributed by atoms with Crippen LogP contribution in [0.3, 0.4) is 0 Å². The van der Waals surface area contributed by atoms with Crippen LogP contribution in [0.25, 0.3) is 0 Å². The van der Waals surface area contributed by atoms with E-state index in [1.54, 1.807) is 0 Å². The Bertz CT molecular complexity index is 1070. The van der Waals surface area contributed by atoms with Crippen molar-refractivity contribution in [1.82, 2.24) is 0 Å². The van der Waals surface area contributed by atoms with Crippen molar-refractivity contribution in [3.63, 3.8) is 0 Å². The molecule has 1 N–H and O–H groups in total. The number of allylic oxidation sites excluding steroid dienone is 12. The normalized spacial score (nSPS) is 12.9. The van der Waals surface area contributed by atoms with Gasteiger partial charge in [0, 0.05) is 13.0 Å². The highest BCUT2D eigenvalue weighted by Crippen LogP contribution is 2.16. The van der Waals surface area contributed by atoms with E-state index in [0.717, 1.165) is 51.4 Å². The highest BCUT2D eigenvalue weighted by atomic mass is 16.6. The average molecular weight is 879 g/mol. The topological polar surface area (TPSA) is 55.8 Å². The van der Waals surface area contributed by atoms with E-state index >= 15 is 0 Å². The third kappa shape index (κ3) is 54.1. The minimum absolute atomic E-state index is 0.175. The molecule has 0 saturated carbocycles. The summed E-state index contributed by atoms with van der Waals surface area (Å²) in [7, 11) is 0. The first-order chi connectivity index (χ1) is 31.2. The quantitative estimate of drug-likeness (QED) is 0.0376. The third-order valence-electron chi connectivity index (χ3n) is 12.0. The fraction of sp³-hybridized carbons (Fsp3) is 0.780. The van der Waals surface area contributed by atoms with Gasteiger partial charge in [-0.15, -0.1) is 0 Å². The Balaban J connectivity index is 3.41. The molecule has 0 aliphatic heterocycles. The van der Waals surface area contributed by atoms with Crippen molar-refractivity contribution < 1.29 is 19.4 Å². The second-order valence-electron chi connectivity index (χ2n) is 18.3. The van der Waals surface area contributed by atoms with Crippen molar-refractivity contribution in [1.29, 1.82) is 0 Å². The molecule has 0 fully saturated rings. The van der Waals surface area contributed by atoms with Crippen LogP contribution in [0.5, 0.6) is 0 Å². The molecular weight excluding hydrogens is 773 g/mol. The van der Waals surface area contributed by atoms with E-state index in [1.165, 1.54) is 199 Å². The summed E-state index contributed by atoms with van der Waals surface area (Å²) in [6, 6.07) is 0. The number of unbranched alkanes of at least 4 members (excludes halogenated alkanes) is 31. The Hall–Kier alpha value is -2.17. The largest absolute Gasteiger partial charge is 0.457 e. The zero-order chi connectivity index (χ0) is 45.5. The fourth-order valence-corrected chi connectivity index (χ4v) is 7.94. The summed E-state index contributed by atoms with van der Waals surface area (Å²) in [6.45, 7) is 5.25. The number of aliphatic hydroxyl groups excluding tert-OH is 1. The van der Waals surface area contributed by atoms with E-state index in [2.05, 4.69) is 86.8 Å². The maximum absolute atomic E-state index is 12.3. The van der Waals surface area contributed by atoms with E-state index < -0.39 is 6.10 Å². The lowest BCUT2D eigenvalue weighted by molar-refractivity contribution is -0.154. The third-order valence-corrected chi connectivity index (χ3v) is 12.0. The Morgan fingerprint density at radius 2 is 0.714 bits per heavy atom. The lowest BCUT2D eigenvalue weighted by atomic mass is 10.0.